The van der Waals surface area contributed by atoms with Crippen molar-refractivity contribution >= 4 is 6.09 Å². The molecule has 1 amide bonds. The third-order valence-corrected chi connectivity index (χ3v) is 4.09. The molecule has 1 aliphatic heterocycles. The van der Waals surface area contributed by atoms with Gasteiger partial charge in [0.15, 0.2) is 0 Å². The van der Waals surface area contributed by atoms with E-state index in [1.807, 2.05) is 6.92 Å². The lowest BCUT2D eigenvalue weighted by Crippen LogP contribution is -2.57. The second kappa shape index (κ2) is 6.38. The lowest BCUT2D eigenvalue weighted by molar-refractivity contribution is 0.0530. The number of rotatable bonds is 2. The molecule has 0 aromatic carbocycles. The Labute approximate surface area is 109 Å². The summed E-state index contributed by atoms with van der Waals surface area (Å²) in [6.07, 6.45) is 4.73. The van der Waals surface area contributed by atoms with Crippen molar-refractivity contribution in [3.05, 3.63) is 0 Å². The van der Waals surface area contributed by atoms with E-state index in [1.165, 1.54) is 19.3 Å². The summed E-state index contributed by atoms with van der Waals surface area (Å²) >= 11 is 0. The van der Waals surface area contributed by atoms with Crippen LogP contribution in [0.3, 0.4) is 0 Å². The summed E-state index contributed by atoms with van der Waals surface area (Å²) in [5, 5.41) is 0. The molecule has 2 fully saturated rings. The van der Waals surface area contributed by atoms with Gasteiger partial charge in [0.25, 0.3) is 0 Å². The van der Waals surface area contributed by atoms with E-state index in [-0.39, 0.29) is 6.09 Å². The average molecular weight is 255 g/mol. The number of nitrogens with zero attached hydrogens (tertiary/aromatic N) is 2. The molecule has 0 aromatic heterocycles. The van der Waals surface area contributed by atoms with Crippen LogP contribution in [0.1, 0.15) is 32.6 Å². The number of hydrogen-bond acceptors (Lipinski definition) is 4. The van der Waals surface area contributed by atoms with Crippen molar-refractivity contribution in [3.8, 4) is 0 Å². The van der Waals surface area contributed by atoms with E-state index in [1.54, 1.807) is 4.90 Å². The molecule has 0 bridgehead atoms. The van der Waals surface area contributed by atoms with E-state index in [4.69, 9.17) is 10.5 Å². The quantitative estimate of drug-likeness (QED) is 0.800. The molecule has 5 nitrogen and oxygen atoms in total. The van der Waals surface area contributed by atoms with Gasteiger partial charge >= 0.3 is 6.09 Å². The number of amides is 1. The zero-order valence-electron chi connectivity index (χ0n) is 11.3. The largest absolute Gasteiger partial charge is 0.450 e. The summed E-state index contributed by atoms with van der Waals surface area (Å²) in [5.41, 5.74) is 6.21. The van der Waals surface area contributed by atoms with Gasteiger partial charge in [0.1, 0.15) is 0 Å². The zero-order chi connectivity index (χ0) is 13.0. The van der Waals surface area contributed by atoms with Crippen LogP contribution in [0, 0.1) is 0 Å². The summed E-state index contributed by atoms with van der Waals surface area (Å²) in [6.45, 7) is 5.68. The summed E-state index contributed by atoms with van der Waals surface area (Å²) in [4.78, 5) is 15.9. The number of ether oxygens (including phenoxy) is 1. The molecule has 1 aliphatic carbocycles. The summed E-state index contributed by atoms with van der Waals surface area (Å²) in [6, 6.07) is 0.830. The van der Waals surface area contributed by atoms with E-state index in [0.717, 1.165) is 32.6 Å². The first-order valence-corrected chi connectivity index (χ1v) is 7.13. The minimum Gasteiger partial charge on any atom is -0.450 e. The Morgan fingerprint density at radius 1 is 1.22 bits per heavy atom. The Morgan fingerprint density at radius 2 is 1.89 bits per heavy atom. The first kappa shape index (κ1) is 13.6. The zero-order valence-corrected chi connectivity index (χ0v) is 11.3. The summed E-state index contributed by atoms with van der Waals surface area (Å²) in [5.74, 6) is 0. The molecule has 2 rings (SSSR count). The Bertz CT molecular complexity index is 277. The normalized spacial score (nSPS) is 30.2. The van der Waals surface area contributed by atoms with Crippen molar-refractivity contribution in [1.82, 2.24) is 9.80 Å². The molecule has 1 heterocycles. The van der Waals surface area contributed by atoms with Gasteiger partial charge in [-0.25, -0.2) is 4.79 Å². The predicted octanol–water partition coefficient (Wildman–Crippen LogP) is 1.03. The van der Waals surface area contributed by atoms with E-state index < -0.39 is 0 Å². The lowest BCUT2D eigenvalue weighted by atomic mass is 9.89. The molecule has 0 aromatic rings. The molecule has 0 spiro atoms. The average Bonchev–Trinajstić information content (AvgIpc) is 2.40. The molecule has 0 radical (unpaired) electrons. The van der Waals surface area contributed by atoms with Gasteiger partial charge < -0.3 is 15.4 Å². The molecular formula is C13H25N3O2. The van der Waals surface area contributed by atoms with Crippen molar-refractivity contribution in [2.45, 2.75) is 44.7 Å². The van der Waals surface area contributed by atoms with Crippen molar-refractivity contribution in [2.24, 2.45) is 5.73 Å². The maximum Gasteiger partial charge on any atom is 0.409 e. The van der Waals surface area contributed by atoms with Crippen LogP contribution in [0.5, 0.6) is 0 Å². The van der Waals surface area contributed by atoms with Crippen LogP contribution >= 0.6 is 0 Å². The highest BCUT2D eigenvalue weighted by atomic mass is 16.6. The Hall–Kier alpha value is -0.810. The fourth-order valence-electron chi connectivity index (χ4n) is 3.04. The molecule has 1 saturated heterocycles. The van der Waals surface area contributed by atoms with Crippen molar-refractivity contribution < 1.29 is 9.53 Å². The fourth-order valence-corrected chi connectivity index (χ4v) is 3.04. The Morgan fingerprint density at radius 3 is 2.50 bits per heavy atom. The molecule has 2 atom stereocenters. The van der Waals surface area contributed by atoms with E-state index in [2.05, 4.69) is 4.90 Å². The second-order valence-corrected chi connectivity index (χ2v) is 5.24. The third kappa shape index (κ3) is 3.14. The minimum atomic E-state index is -0.176. The van der Waals surface area contributed by atoms with Gasteiger partial charge in [-0.15, -0.1) is 0 Å². The Kier molecular flexibility index (Phi) is 4.83. The smallest absolute Gasteiger partial charge is 0.409 e. The topological polar surface area (TPSA) is 58.8 Å². The molecule has 2 N–H and O–H groups in total. The van der Waals surface area contributed by atoms with E-state index in [0.29, 0.717) is 18.7 Å². The van der Waals surface area contributed by atoms with Crippen molar-refractivity contribution in [1.29, 1.82) is 0 Å². The van der Waals surface area contributed by atoms with Crippen LogP contribution < -0.4 is 5.73 Å². The van der Waals surface area contributed by atoms with Crippen LogP contribution in [0.15, 0.2) is 0 Å². The Balaban J connectivity index is 1.80. The first-order valence-electron chi connectivity index (χ1n) is 7.13. The molecule has 104 valence electrons. The molecule has 1 saturated carbocycles. The van der Waals surface area contributed by atoms with Gasteiger partial charge in [-0.1, -0.05) is 12.8 Å². The van der Waals surface area contributed by atoms with Gasteiger partial charge in [-0.3, -0.25) is 4.90 Å². The van der Waals surface area contributed by atoms with Crippen LogP contribution in [-0.2, 0) is 4.74 Å². The highest BCUT2D eigenvalue weighted by Gasteiger charge is 2.31. The maximum absolute atomic E-state index is 11.6. The third-order valence-electron chi connectivity index (χ3n) is 4.09. The SMILES string of the molecule is CCOC(=O)N1CCN(C2CCCCC2N)CC1. The minimum absolute atomic E-state index is 0.176. The van der Waals surface area contributed by atoms with Gasteiger partial charge in [-0.2, -0.15) is 0 Å². The first-order chi connectivity index (χ1) is 8.72. The monoisotopic (exact) mass is 255 g/mol. The highest BCUT2D eigenvalue weighted by molar-refractivity contribution is 5.67. The van der Waals surface area contributed by atoms with E-state index >= 15 is 0 Å². The summed E-state index contributed by atoms with van der Waals surface area (Å²) in [7, 11) is 0. The number of carbonyl (C=O) groups excluding carboxylic acids is 1. The highest BCUT2D eigenvalue weighted by Crippen LogP contribution is 2.23. The van der Waals surface area contributed by atoms with Gasteiger partial charge in [0.2, 0.25) is 0 Å². The van der Waals surface area contributed by atoms with Crippen LogP contribution in [0.25, 0.3) is 0 Å². The number of nitrogens with two attached hydrogens (primary N) is 1. The maximum atomic E-state index is 11.6. The van der Waals surface area contributed by atoms with Crippen LogP contribution in [0.2, 0.25) is 0 Å². The van der Waals surface area contributed by atoms with Crippen molar-refractivity contribution in [3.63, 3.8) is 0 Å². The number of carbonyl (C=O) groups is 1. The van der Waals surface area contributed by atoms with Gasteiger partial charge in [0.05, 0.1) is 6.61 Å². The van der Waals surface area contributed by atoms with E-state index in [9.17, 15) is 4.79 Å². The fraction of sp³-hybridized carbons (Fsp3) is 0.923. The lowest BCUT2D eigenvalue weighted by Gasteiger charge is -2.42. The van der Waals surface area contributed by atoms with Crippen LogP contribution in [-0.4, -0.2) is 60.8 Å². The molecule has 2 unspecified atom stereocenters. The second-order valence-electron chi connectivity index (χ2n) is 5.24. The number of hydrogen-bond donors (Lipinski definition) is 1. The molecule has 18 heavy (non-hydrogen) atoms. The van der Waals surface area contributed by atoms with Gasteiger partial charge in [-0.05, 0) is 19.8 Å². The molecular weight excluding hydrogens is 230 g/mol. The molecule has 5 heteroatoms. The summed E-state index contributed by atoms with van der Waals surface area (Å²) < 4.78 is 5.03. The number of piperazine rings is 1. The van der Waals surface area contributed by atoms with Crippen molar-refractivity contribution in [2.75, 3.05) is 32.8 Å². The predicted molar refractivity (Wildman–Crippen MR) is 70.4 cm³/mol. The van der Waals surface area contributed by atoms with Gasteiger partial charge in [0, 0.05) is 38.3 Å². The van der Waals surface area contributed by atoms with Crippen LogP contribution in [0.4, 0.5) is 4.79 Å². The molecule has 2 aliphatic rings. The standard InChI is InChI=1S/C13H25N3O2/c1-2-18-13(17)16-9-7-15(8-10-16)12-6-4-3-5-11(12)14/h11-12H,2-10,14H2,1H3.